The first-order valence-electron chi connectivity index (χ1n) is 12.4. The summed E-state index contributed by atoms with van der Waals surface area (Å²) in [6.07, 6.45) is 0. The number of hydrogen-bond donors (Lipinski definition) is 5. The number of aromatic nitrogens is 3. The van der Waals surface area contributed by atoms with Crippen LogP contribution in [0.2, 0.25) is 0 Å². The van der Waals surface area contributed by atoms with Gasteiger partial charge in [0.2, 0.25) is 0 Å². The summed E-state index contributed by atoms with van der Waals surface area (Å²) in [7, 11) is 0.0537. The Labute approximate surface area is 225 Å². The van der Waals surface area contributed by atoms with Gasteiger partial charge in [0.25, 0.3) is 5.91 Å². The van der Waals surface area contributed by atoms with Crippen molar-refractivity contribution in [1.82, 2.24) is 15.0 Å². The number of nitrogens with two attached hydrogens (primary N) is 1. The van der Waals surface area contributed by atoms with Crippen molar-refractivity contribution in [3.8, 4) is 17.1 Å². The number of fused-ring (bicyclic) bond motifs is 2. The Morgan fingerprint density at radius 1 is 1.05 bits per heavy atom. The second kappa shape index (κ2) is 11.1. The highest BCUT2D eigenvalue weighted by Gasteiger charge is 2.20. The topological polar surface area (TPSA) is 156 Å². The van der Waals surface area contributed by atoms with Gasteiger partial charge in [0.15, 0.2) is 5.82 Å². The normalized spacial score (nSPS) is 11.2. The van der Waals surface area contributed by atoms with E-state index in [9.17, 15) is 14.8 Å². The molecule has 0 saturated heterocycles. The molecule has 0 bridgehead atoms. The number of anilines is 1. The maximum absolute atomic E-state index is 12.1. The average molecular weight is 525 g/mol. The molecule has 10 nitrogen and oxygen atoms in total. The van der Waals surface area contributed by atoms with Crippen LogP contribution in [0.5, 0.6) is 5.75 Å². The number of rotatable bonds is 10. The number of carbonyl (C=O) groups excluding carboxylic acids is 1. The lowest BCUT2D eigenvalue weighted by Gasteiger charge is -2.14. The predicted octanol–water partition coefficient (Wildman–Crippen LogP) is 2.50. The fraction of sp³-hybridized carbons (Fsp3) is 0.179. The van der Waals surface area contributed by atoms with E-state index in [1.807, 2.05) is 37.3 Å². The Balaban J connectivity index is 1.65. The molecule has 0 aliphatic heterocycles. The quantitative estimate of drug-likeness (QED) is 0.138. The lowest BCUT2D eigenvalue weighted by Crippen LogP contribution is -2.30. The van der Waals surface area contributed by atoms with Gasteiger partial charge < -0.3 is 35.6 Å². The number of ether oxygens (including phenoxy) is 2. The Bertz CT molecular complexity index is 1670. The van der Waals surface area contributed by atoms with Crippen LogP contribution in [0.15, 0.2) is 60.7 Å². The van der Waals surface area contributed by atoms with Crippen LogP contribution >= 0.6 is 0 Å². The first-order chi connectivity index (χ1) is 18.9. The number of methoxy groups -OCH3 is 1. The fourth-order valence-electron chi connectivity index (χ4n) is 4.61. The van der Waals surface area contributed by atoms with E-state index in [4.69, 9.17) is 25.2 Å². The molecule has 5 rings (SSSR count). The van der Waals surface area contributed by atoms with Gasteiger partial charge in [-0.2, -0.15) is 0 Å². The maximum atomic E-state index is 12.1. The summed E-state index contributed by atoms with van der Waals surface area (Å²) >= 11 is 0. The minimum Gasteiger partial charge on any atom is -0.489 e. The van der Waals surface area contributed by atoms with E-state index in [1.165, 1.54) is 0 Å². The van der Waals surface area contributed by atoms with Crippen LogP contribution in [0, 0.1) is 6.92 Å². The van der Waals surface area contributed by atoms with Crippen molar-refractivity contribution in [1.29, 1.82) is 0 Å². The number of H-pyrrole nitrogens is 1. The molecule has 1 amide bonds. The third-order valence-electron chi connectivity index (χ3n) is 6.45. The van der Waals surface area contributed by atoms with E-state index in [0.717, 1.165) is 27.6 Å². The molecule has 11 heteroatoms. The van der Waals surface area contributed by atoms with Crippen molar-refractivity contribution in [2.45, 2.75) is 13.5 Å². The standard InChI is InChI=1S/C28H28BN5O5/c1-16-23(19-8-4-9-20(26(30)35)24(19)32-16)28-33-25-21(10-5-11-22(25)39-13-12-38-2)27(34-28)31-15-17-6-3-7-18(14-17)29(36)37/h3-11,14,32,36-37H,12-13,15H2,1-2H3,(H2,30,35)(H,31,33,34). The first-order valence-corrected chi connectivity index (χ1v) is 12.4. The van der Waals surface area contributed by atoms with Crippen LogP contribution in [0.3, 0.4) is 0 Å². The van der Waals surface area contributed by atoms with Gasteiger partial charge in [0, 0.05) is 35.7 Å². The number of carbonyl (C=O) groups is 1. The summed E-state index contributed by atoms with van der Waals surface area (Å²) in [4.78, 5) is 25.2. The molecule has 3 aromatic carbocycles. The molecule has 2 aromatic heterocycles. The minimum absolute atomic E-state index is 0.349. The Morgan fingerprint density at radius 2 is 1.82 bits per heavy atom. The van der Waals surface area contributed by atoms with Crippen molar-refractivity contribution in [3.05, 3.63) is 77.5 Å². The van der Waals surface area contributed by atoms with E-state index in [0.29, 0.717) is 59.2 Å². The van der Waals surface area contributed by atoms with E-state index in [2.05, 4.69) is 10.3 Å². The van der Waals surface area contributed by atoms with Gasteiger partial charge in [0.1, 0.15) is 23.7 Å². The average Bonchev–Trinajstić information content (AvgIpc) is 3.27. The van der Waals surface area contributed by atoms with Crippen LogP contribution < -0.4 is 21.3 Å². The lowest BCUT2D eigenvalue weighted by atomic mass is 9.80. The van der Waals surface area contributed by atoms with Gasteiger partial charge in [0.05, 0.1) is 17.7 Å². The molecule has 0 saturated carbocycles. The summed E-state index contributed by atoms with van der Waals surface area (Å²) in [5.74, 6) is 1.07. The number of nitrogens with one attached hydrogen (secondary N) is 2. The largest absolute Gasteiger partial charge is 0.489 e. The van der Waals surface area contributed by atoms with Gasteiger partial charge in [-0.3, -0.25) is 4.79 Å². The number of para-hydroxylation sites is 2. The molecule has 0 atom stereocenters. The number of aryl methyl sites for hydroxylation is 1. The molecule has 2 heterocycles. The molecule has 0 fully saturated rings. The summed E-state index contributed by atoms with van der Waals surface area (Å²) in [5, 5.41) is 24.0. The molecule has 0 aliphatic rings. The summed E-state index contributed by atoms with van der Waals surface area (Å²) in [5.41, 5.74) is 10.0. The number of benzene rings is 3. The first kappa shape index (κ1) is 26.2. The molecule has 0 aliphatic carbocycles. The van der Waals surface area contributed by atoms with Crippen molar-refractivity contribution >= 4 is 46.1 Å². The van der Waals surface area contributed by atoms with Gasteiger partial charge >= 0.3 is 7.12 Å². The third-order valence-corrected chi connectivity index (χ3v) is 6.45. The van der Waals surface area contributed by atoms with Crippen LogP contribution in [0.4, 0.5) is 5.82 Å². The Morgan fingerprint density at radius 3 is 2.59 bits per heavy atom. The maximum Gasteiger partial charge on any atom is 0.488 e. The number of aromatic amines is 1. The lowest BCUT2D eigenvalue weighted by molar-refractivity contribution is 0.100. The summed E-state index contributed by atoms with van der Waals surface area (Å²) in [6.45, 7) is 3.04. The molecule has 6 N–H and O–H groups in total. The van der Waals surface area contributed by atoms with E-state index in [-0.39, 0.29) is 0 Å². The molecule has 5 aromatic rings. The fourth-order valence-corrected chi connectivity index (χ4v) is 4.61. The zero-order valence-corrected chi connectivity index (χ0v) is 21.6. The monoisotopic (exact) mass is 525 g/mol. The second-order valence-corrected chi connectivity index (χ2v) is 9.08. The van der Waals surface area contributed by atoms with Crippen LogP contribution in [0.25, 0.3) is 33.2 Å². The number of primary amides is 1. The zero-order chi connectivity index (χ0) is 27.5. The van der Waals surface area contributed by atoms with Gasteiger partial charge in [-0.15, -0.1) is 0 Å². The molecule has 39 heavy (non-hydrogen) atoms. The van der Waals surface area contributed by atoms with Crippen molar-refractivity contribution in [3.63, 3.8) is 0 Å². The third kappa shape index (κ3) is 5.28. The SMILES string of the molecule is COCCOc1cccc2c(NCc3cccc(B(O)O)c3)nc(-c3c(C)[nH]c4c(C(N)=O)cccc34)nc12. The van der Waals surface area contributed by atoms with Crippen molar-refractivity contribution in [2.24, 2.45) is 5.73 Å². The Kier molecular flexibility index (Phi) is 7.46. The number of amides is 1. The number of nitrogens with zero attached hydrogens (tertiary/aromatic N) is 2. The zero-order valence-electron chi connectivity index (χ0n) is 21.6. The van der Waals surface area contributed by atoms with Crippen LogP contribution in [-0.4, -0.2) is 58.3 Å². The van der Waals surface area contributed by atoms with Crippen molar-refractivity contribution in [2.75, 3.05) is 25.6 Å². The minimum atomic E-state index is -1.56. The smallest absolute Gasteiger partial charge is 0.488 e. The number of hydrogen-bond acceptors (Lipinski definition) is 8. The highest BCUT2D eigenvalue weighted by molar-refractivity contribution is 6.58. The molecule has 0 spiro atoms. The van der Waals surface area contributed by atoms with Gasteiger partial charge in [-0.1, -0.05) is 42.5 Å². The van der Waals surface area contributed by atoms with Gasteiger partial charge in [-0.05, 0) is 36.1 Å². The summed E-state index contributed by atoms with van der Waals surface area (Å²) < 4.78 is 11.1. The second-order valence-electron chi connectivity index (χ2n) is 9.08. The van der Waals surface area contributed by atoms with Gasteiger partial charge in [-0.25, -0.2) is 9.97 Å². The highest BCUT2D eigenvalue weighted by Crippen LogP contribution is 2.36. The van der Waals surface area contributed by atoms with E-state index >= 15 is 0 Å². The summed E-state index contributed by atoms with van der Waals surface area (Å²) in [6, 6.07) is 18.0. The molecule has 198 valence electrons. The van der Waals surface area contributed by atoms with Crippen molar-refractivity contribution < 1.29 is 24.3 Å². The van der Waals surface area contributed by atoms with Crippen LogP contribution in [0.1, 0.15) is 21.6 Å². The Hall–Kier alpha value is -4.45. The predicted molar refractivity (Wildman–Crippen MR) is 151 cm³/mol. The molecular formula is C28H28BN5O5. The van der Waals surface area contributed by atoms with E-state index < -0.39 is 13.0 Å². The highest BCUT2D eigenvalue weighted by atomic mass is 16.5. The van der Waals surface area contributed by atoms with Crippen LogP contribution in [-0.2, 0) is 11.3 Å². The molecular weight excluding hydrogens is 497 g/mol. The molecule has 0 unspecified atom stereocenters. The van der Waals surface area contributed by atoms with E-state index in [1.54, 1.807) is 37.4 Å². The molecule has 0 radical (unpaired) electrons.